The summed E-state index contributed by atoms with van der Waals surface area (Å²) in [5, 5.41) is 3.48. The highest BCUT2D eigenvalue weighted by Crippen LogP contribution is 2.24. The second kappa shape index (κ2) is 7.23. The molecule has 1 aliphatic rings. The molecule has 0 aliphatic carbocycles. The Morgan fingerprint density at radius 1 is 1.39 bits per heavy atom. The number of nitrogens with one attached hydrogen (secondary N) is 1. The normalized spacial score (nSPS) is 17.0. The van der Waals surface area contributed by atoms with Crippen molar-refractivity contribution in [3.63, 3.8) is 0 Å². The molecule has 2 heterocycles. The molecule has 1 aromatic carbocycles. The number of benzene rings is 1. The number of carbonyl (C=O) groups is 1. The van der Waals surface area contributed by atoms with Crippen LogP contribution in [0, 0.1) is 6.92 Å². The van der Waals surface area contributed by atoms with Crippen LogP contribution >= 0.6 is 23.4 Å². The molecule has 1 atom stereocenters. The highest BCUT2D eigenvalue weighted by molar-refractivity contribution is 7.99. The van der Waals surface area contributed by atoms with Crippen LogP contribution in [0.1, 0.15) is 22.3 Å². The van der Waals surface area contributed by atoms with Gasteiger partial charge in [-0.15, -0.1) is 0 Å². The topological polar surface area (TPSA) is 51.2 Å². The summed E-state index contributed by atoms with van der Waals surface area (Å²) in [4.78, 5) is 16.5. The van der Waals surface area contributed by atoms with Crippen molar-refractivity contribution in [2.24, 2.45) is 0 Å². The molecular formula is C17H17ClN2O2S. The number of hydrogen-bond donors (Lipinski definition) is 1. The second-order valence-electron chi connectivity index (χ2n) is 5.36. The van der Waals surface area contributed by atoms with E-state index in [1.165, 1.54) is 6.20 Å². The van der Waals surface area contributed by atoms with Crippen LogP contribution in [0.3, 0.4) is 0 Å². The molecule has 4 nitrogen and oxygen atoms in total. The van der Waals surface area contributed by atoms with Gasteiger partial charge in [0.25, 0.3) is 5.91 Å². The zero-order chi connectivity index (χ0) is 16.2. The number of amides is 1. The van der Waals surface area contributed by atoms with Gasteiger partial charge in [-0.3, -0.25) is 4.79 Å². The van der Waals surface area contributed by atoms with Gasteiger partial charge in [0.2, 0.25) is 5.88 Å². The first-order chi connectivity index (χ1) is 11.1. The van der Waals surface area contributed by atoms with Gasteiger partial charge in [0.15, 0.2) is 0 Å². The standard InChI is InChI=1S/C17H17ClN2O2S/c1-11-14(18)3-2-4-15(11)20-17(21)12-5-6-16(19-9-12)22-13-7-8-23-10-13/h2-6,9,13H,7-8,10H2,1H3,(H,20,21). The van der Waals surface area contributed by atoms with E-state index in [1.807, 2.05) is 24.8 Å². The molecule has 0 bridgehead atoms. The Morgan fingerprint density at radius 2 is 2.26 bits per heavy atom. The van der Waals surface area contributed by atoms with Crippen molar-refractivity contribution in [1.82, 2.24) is 4.98 Å². The molecule has 0 radical (unpaired) electrons. The largest absolute Gasteiger partial charge is 0.473 e. The third-order valence-electron chi connectivity index (χ3n) is 3.69. The van der Waals surface area contributed by atoms with Gasteiger partial charge in [0, 0.05) is 28.7 Å². The van der Waals surface area contributed by atoms with Gasteiger partial charge >= 0.3 is 0 Å². The van der Waals surface area contributed by atoms with Crippen LogP contribution in [0.25, 0.3) is 0 Å². The fraction of sp³-hybridized carbons (Fsp3) is 0.294. The van der Waals surface area contributed by atoms with Crippen LogP contribution in [-0.4, -0.2) is 28.5 Å². The van der Waals surface area contributed by atoms with Crippen molar-refractivity contribution in [1.29, 1.82) is 0 Å². The van der Waals surface area contributed by atoms with E-state index in [0.717, 1.165) is 23.5 Å². The van der Waals surface area contributed by atoms with Gasteiger partial charge in [-0.2, -0.15) is 11.8 Å². The summed E-state index contributed by atoms with van der Waals surface area (Å²) in [7, 11) is 0. The monoisotopic (exact) mass is 348 g/mol. The molecule has 2 aromatic rings. The number of rotatable bonds is 4. The fourth-order valence-electron chi connectivity index (χ4n) is 2.30. The van der Waals surface area contributed by atoms with E-state index in [9.17, 15) is 4.79 Å². The van der Waals surface area contributed by atoms with Crippen molar-refractivity contribution >= 4 is 35.0 Å². The zero-order valence-corrected chi connectivity index (χ0v) is 14.3. The van der Waals surface area contributed by atoms with Gasteiger partial charge in [0.1, 0.15) is 6.10 Å². The van der Waals surface area contributed by atoms with Crippen LogP contribution in [0.5, 0.6) is 5.88 Å². The summed E-state index contributed by atoms with van der Waals surface area (Å²) < 4.78 is 5.78. The number of pyridine rings is 1. The summed E-state index contributed by atoms with van der Waals surface area (Å²) in [6.45, 7) is 1.87. The average molecular weight is 349 g/mol. The molecule has 1 aromatic heterocycles. The lowest BCUT2D eigenvalue weighted by molar-refractivity contribution is 0.102. The fourth-order valence-corrected chi connectivity index (χ4v) is 3.57. The quantitative estimate of drug-likeness (QED) is 0.900. The van der Waals surface area contributed by atoms with Crippen molar-refractivity contribution < 1.29 is 9.53 Å². The van der Waals surface area contributed by atoms with E-state index in [-0.39, 0.29) is 12.0 Å². The maximum absolute atomic E-state index is 12.3. The molecule has 23 heavy (non-hydrogen) atoms. The lowest BCUT2D eigenvalue weighted by Gasteiger charge is -2.12. The minimum atomic E-state index is -0.217. The summed E-state index contributed by atoms with van der Waals surface area (Å²) in [5.41, 5.74) is 2.03. The molecule has 1 aliphatic heterocycles. The van der Waals surface area contributed by atoms with E-state index in [1.54, 1.807) is 24.3 Å². The van der Waals surface area contributed by atoms with Gasteiger partial charge < -0.3 is 10.1 Å². The number of anilines is 1. The summed E-state index contributed by atoms with van der Waals surface area (Å²) in [6, 6.07) is 8.88. The highest BCUT2D eigenvalue weighted by Gasteiger charge is 2.17. The van der Waals surface area contributed by atoms with E-state index >= 15 is 0 Å². The molecule has 0 saturated carbocycles. The molecule has 1 amide bonds. The van der Waals surface area contributed by atoms with Crippen LogP contribution < -0.4 is 10.1 Å². The Labute approximate surface area is 144 Å². The minimum Gasteiger partial charge on any atom is -0.473 e. The molecule has 1 saturated heterocycles. The number of aromatic nitrogens is 1. The van der Waals surface area contributed by atoms with Crippen LogP contribution in [0.15, 0.2) is 36.5 Å². The number of carbonyl (C=O) groups excluding carboxylic acids is 1. The van der Waals surface area contributed by atoms with Gasteiger partial charge in [-0.25, -0.2) is 4.98 Å². The van der Waals surface area contributed by atoms with E-state index < -0.39 is 0 Å². The van der Waals surface area contributed by atoms with Crippen LogP contribution in [-0.2, 0) is 0 Å². The second-order valence-corrected chi connectivity index (χ2v) is 6.91. The maximum Gasteiger partial charge on any atom is 0.257 e. The van der Waals surface area contributed by atoms with Gasteiger partial charge in [0.05, 0.1) is 5.56 Å². The predicted octanol–water partition coefficient (Wildman–Crippen LogP) is 4.18. The zero-order valence-electron chi connectivity index (χ0n) is 12.7. The molecule has 1 N–H and O–H groups in total. The SMILES string of the molecule is Cc1c(Cl)cccc1NC(=O)c1ccc(OC2CCSC2)nc1. The molecule has 1 fully saturated rings. The molecule has 3 rings (SSSR count). The molecular weight excluding hydrogens is 332 g/mol. The number of halogens is 1. The van der Waals surface area contributed by atoms with E-state index in [0.29, 0.717) is 22.2 Å². The van der Waals surface area contributed by atoms with Crippen molar-refractivity contribution in [2.45, 2.75) is 19.4 Å². The first-order valence-corrected chi connectivity index (χ1v) is 8.93. The summed E-state index contributed by atoms with van der Waals surface area (Å²) >= 11 is 7.95. The van der Waals surface area contributed by atoms with Crippen molar-refractivity contribution in [2.75, 3.05) is 16.8 Å². The van der Waals surface area contributed by atoms with Gasteiger partial charge in [-0.1, -0.05) is 17.7 Å². The molecule has 120 valence electrons. The number of hydrogen-bond acceptors (Lipinski definition) is 4. The number of thioether (sulfide) groups is 1. The molecule has 0 spiro atoms. The molecule has 6 heteroatoms. The number of ether oxygens (including phenoxy) is 1. The Kier molecular flexibility index (Phi) is 5.08. The Hall–Kier alpha value is -1.72. The Morgan fingerprint density at radius 3 is 2.96 bits per heavy atom. The highest BCUT2D eigenvalue weighted by atomic mass is 35.5. The first kappa shape index (κ1) is 16.1. The summed E-state index contributed by atoms with van der Waals surface area (Å²) in [6.07, 6.45) is 2.80. The Bertz CT molecular complexity index is 700. The summed E-state index contributed by atoms with van der Waals surface area (Å²) in [5.74, 6) is 2.47. The first-order valence-electron chi connectivity index (χ1n) is 7.40. The van der Waals surface area contributed by atoms with Crippen LogP contribution in [0.4, 0.5) is 5.69 Å². The van der Waals surface area contributed by atoms with Crippen molar-refractivity contribution in [3.8, 4) is 5.88 Å². The predicted molar refractivity (Wildman–Crippen MR) is 94.7 cm³/mol. The Balaban J connectivity index is 1.66. The van der Waals surface area contributed by atoms with Gasteiger partial charge in [-0.05, 0) is 42.9 Å². The van der Waals surface area contributed by atoms with E-state index in [2.05, 4.69) is 10.3 Å². The lowest BCUT2D eigenvalue weighted by atomic mass is 10.2. The lowest BCUT2D eigenvalue weighted by Crippen LogP contribution is -2.16. The minimum absolute atomic E-state index is 0.217. The van der Waals surface area contributed by atoms with E-state index in [4.69, 9.17) is 16.3 Å². The third kappa shape index (κ3) is 3.98. The number of nitrogens with zero attached hydrogens (tertiary/aromatic N) is 1. The average Bonchev–Trinajstić information content (AvgIpc) is 3.05. The van der Waals surface area contributed by atoms with Crippen molar-refractivity contribution in [3.05, 3.63) is 52.7 Å². The molecule has 1 unspecified atom stereocenters. The van der Waals surface area contributed by atoms with Crippen LogP contribution in [0.2, 0.25) is 5.02 Å². The third-order valence-corrected chi connectivity index (χ3v) is 5.23. The maximum atomic E-state index is 12.3. The smallest absolute Gasteiger partial charge is 0.257 e.